The summed E-state index contributed by atoms with van der Waals surface area (Å²) < 4.78 is 0. The van der Waals surface area contributed by atoms with Gasteiger partial charge in [0.1, 0.15) is 5.69 Å². The van der Waals surface area contributed by atoms with Crippen LogP contribution in [0.15, 0.2) is 36.5 Å². The molecule has 0 aliphatic heterocycles. The van der Waals surface area contributed by atoms with Gasteiger partial charge in [0.25, 0.3) is 0 Å². The van der Waals surface area contributed by atoms with Gasteiger partial charge >= 0.3 is 0 Å². The Morgan fingerprint density at radius 2 is 1.96 bits per heavy atom. The number of aryl methyl sites for hydroxylation is 1. The molecular weight excluding hydrogens is 316 g/mol. The van der Waals surface area contributed by atoms with Crippen molar-refractivity contribution in [1.82, 2.24) is 9.97 Å². The average molecular weight is 335 g/mol. The SMILES string of the molecule is Cc1ccnc(C(=O)c2[nH]c3ccc(C(C)C)cc3c2CC(=O)[O-])c1. The molecule has 0 saturated carbocycles. The van der Waals surface area contributed by atoms with Gasteiger partial charge in [0, 0.05) is 29.5 Å². The second-order valence-corrected chi connectivity index (χ2v) is 6.53. The molecule has 0 aliphatic carbocycles. The topological polar surface area (TPSA) is 85.9 Å². The Kier molecular flexibility index (Phi) is 4.40. The van der Waals surface area contributed by atoms with Crippen molar-refractivity contribution in [2.24, 2.45) is 0 Å². The van der Waals surface area contributed by atoms with Gasteiger partial charge in [-0.15, -0.1) is 0 Å². The molecular formula is C20H19N2O3-. The lowest BCUT2D eigenvalue weighted by atomic mass is 9.98. The van der Waals surface area contributed by atoms with Gasteiger partial charge in [-0.2, -0.15) is 0 Å². The third-order valence-electron chi connectivity index (χ3n) is 4.29. The molecule has 5 heteroatoms. The van der Waals surface area contributed by atoms with Gasteiger partial charge in [-0.05, 0) is 53.8 Å². The number of pyridine rings is 1. The summed E-state index contributed by atoms with van der Waals surface area (Å²) in [5, 5.41) is 12.0. The van der Waals surface area contributed by atoms with Crippen molar-refractivity contribution in [2.45, 2.75) is 33.1 Å². The first-order valence-corrected chi connectivity index (χ1v) is 8.18. The standard InChI is InChI=1S/C20H20N2O3/c1-11(2)13-4-5-16-14(9-13)15(10-18(23)24)19(22-16)20(25)17-8-12(3)6-7-21-17/h4-9,11,22H,10H2,1-3H3,(H,23,24)/p-1. The molecule has 0 fully saturated rings. The van der Waals surface area contributed by atoms with Crippen molar-refractivity contribution in [1.29, 1.82) is 0 Å². The molecule has 128 valence electrons. The van der Waals surface area contributed by atoms with Crippen LogP contribution in [-0.4, -0.2) is 21.7 Å². The fourth-order valence-electron chi connectivity index (χ4n) is 2.93. The van der Waals surface area contributed by atoms with Crippen molar-refractivity contribution in [3.63, 3.8) is 0 Å². The van der Waals surface area contributed by atoms with Gasteiger partial charge in [0.05, 0.1) is 5.69 Å². The summed E-state index contributed by atoms with van der Waals surface area (Å²) in [4.78, 5) is 31.3. The summed E-state index contributed by atoms with van der Waals surface area (Å²) in [6.07, 6.45) is 1.24. The van der Waals surface area contributed by atoms with Crippen LogP contribution in [0.2, 0.25) is 0 Å². The lowest BCUT2D eigenvalue weighted by Crippen LogP contribution is -2.25. The quantitative estimate of drug-likeness (QED) is 0.726. The number of nitrogens with zero attached hydrogens (tertiary/aromatic N) is 1. The van der Waals surface area contributed by atoms with Gasteiger partial charge in [-0.1, -0.05) is 19.9 Å². The molecule has 0 amide bonds. The van der Waals surface area contributed by atoms with E-state index in [9.17, 15) is 14.7 Å². The third kappa shape index (κ3) is 3.31. The highest BCUT2D eigenvalue weighted by Crippen LogP contribution is 2.28. The Morgan fingerprint density at radius 1 is 1.20 bits per heavy atom. The first-order chi connectivity index (χ1) is 11.9. The van der Waals surface area contributed by atoms with Crippen LogP contribution < -0.4 is 5.11 Å². The average Bonchev–Trinajstić information content (AvgIpc) is 2.91. The zero-order valence-corrected chi connectivity index (χ0v) is 14.4. The fourth-order valence-corrected chi connectivity index (χ4v) is 2.93. The highest BCUT2D eigenvalue weighted by molar-refractivity contribution is 6.11. The highest BCUT2D eigenvalue weighted by Gasteiger charge is 2.21. The van der Waals surface area contributed by atoms with Gasteiger partial charge in [-0.25, -0.2) is 0 Å². The van der Waals surface area contributed by atoms with E-state index in [1.54, 1.807) is 18.3 Å². The largest absolute Gasteiger partial charge is 0.550 e. The number of benzene rings is 1. The number of hydrogen-bond donors (Lipinski definition) is 1. The molecule has 0 atom stereocenters. The predicted octanol–water partition coefficient (Wildman–Crippen LogP) is 2.52. The number of H-pyrrole nitrogens is 1. The number of carbonyl (C=O) groups excluding carboxylic acids is 2. The van der Waals surface area contributed by atoms with Gasteiger partial charge in [0.2, 0.25) is 5.78 Å². The van der Waals surface area contributed by atoms with Crippen LogP contribution in [0.25, 0.3) is 10.9 Å². The Hall–Kier alpha value is -2.95. The van der Waals surface area contributed by atoms with Crippen LogP contribution in [0, 0.1) is 6.92 Å². The number of carboxylic acids is 1. The smallest absolute Gasteiger partial charge is 0.227 e. The number of aromatic nitrogens is 2. The zero-order valence-electron chi connectivity index (χ0n) is 14.4. The van der Waals surface area contributed by atoms with Crippen molar-refractivity contribution in [2.75, 3.05) is 0 Å². The van der Waals surface area contributed by atoms with Gasteiger partial charge in [0.15, 0.2) is 0 Å². The van der Waals surface area contributed by atoms with E-state index >= 15 is 0 Å². The maximum Gasteiger partial charge on any atom is 0.227 e. The maximum absolute atomic E-state index is 12.9. The highest BCUT2D eigenvalue weighted by atomic mass is 16.4. The van der Waals surface area contributed by atoms with E-state index in [1.807, 2.05) is 25.1 Å². The lowest BCUT2D eigenvalue weighted by Gasteiger charge is -2.08. The predicted molar refractivity (Wildman–Crippen MR) is 93.5 cm³/mol. The van der Waals surface area contributed by atoms with E-state index in [-0.39, 0.29) is 23.6 Å². The molecule has 0 saturated heterocycles. The Bertz CT molecular complexity index is 970. The van der Waals surface area contributed by atoms with E-state index in [0.29, 0.717) is 11.5 Å². The number of carbonyl (C=O) groups is 2. The molecule has 0 spiro atoms. The molecule has 1 aromatic carbocycles. The summed E-state index contributed by atoms with van der Waals surface area (Å²) in [5.74, 6) is -1.24. The van der Waals surface area contributed by atoms with Crippen molar-refractivity contribution < 1.29 is 14.7 Å². The van der Waals surface area contributed by atoms with E-state index < -0.39 is 5.97 Å². The summed E-state index contributed by atoms with van der Waals surface area (Å²) in [6, 6.07) is 9.29. The molecule has 3 aromatic rings. The van der Waals surface area contributed by atoms with Crippen molar-refractivity contribution in [3.8, 4) is 0 Å². The number of carboxylic acid groups (broad SMARTS) is 1. The minimum absolute atomic E-state index is 0.262. The number of aliphatic carboxylic acids is 1. The molecule has 25 heavy (non-hydrogen) atoms. The van der Waals surface area contributed by atoms with E-state index in [1.165, 1.54) is 0 Å². The number of aromatic amines is 1. The van der Waals surface area contributed by atoms with E-state index in [4.69, 9.17) is 0 Å². The number of rotatable bonds is 5. The van der Waals surface area contributed by atoms with E-state index in [2.05, 4.69) is 23.8 Å². The number of ketones is 1. The van der Waals surface area contributed by atoms with Gasteiger partial charge < -0.3 is 14.9 Å². The van der Waals surface area contributed by atoms with Crippen LogP contribution >= 0.6 is 0 Å². The first kappa shape index (κ1) is 16.9. The Morgan fingerprint density at radius 3 is 2.60 bits per heavy atom. The zero-order chi connectivity index (χ0) is 18.1. The first-order valence-electron chi connectivity index (χ1n) is 8.18. The summed E-state index contributed by atoms with van der Waals surface area (Å²) in [5.41, 5.74) is 3.73. The fraction of sp³-hybridized carbons (Fsp3) is 0.250. The molecule has 0 radical (unpaired) electrons. The maximum atomic E-state index is 12.9. The summed E-state index contributed by atoms with van der Waals surface area (Å²) in [6.45, 7) is 6.00. The van der Waals surface area contributed by atoms with Crippen LogP contribution in [0.1, 0.15) is 52.6 Å². The molecule has 2 heterocycles. The summed E-state index contributed by atoms with van der Waals surface area (Å²) >= 11 is 0. The van der Waals surface area contributed by atoms with Crippen LogP contribution in [0.3, 0.4) is 0 Å². The number of fused-ring (bicyclic) bond motifs is 1. The molecule has 3 rings (SSSR count). The lowest BCUT2D eigenvalue weighted by molar-refractivity contribution is -0.304. The summed E-state index contributed by atoms with van der Waals surface area (Å²) in [7, 11) is 0. The van der Waals surface area contributed by atoms with E-state index in [0.717, 1.165) is 22.0 Å². The van der Waals surface area contributed by atoms with Gasteiger partial charge in [-0.3, -0.25) is 9.78 Å². The number of nitrogens with one attached hydrogen (secondary N) is 1. The molecule has 5 nitrogen and oxygen atoms in total. The van der Waals surface area contributed by atoms with Crippen LogP contribution in [0.4, 0.5) is 0 Å². The van der Waals surface area contributed by atoms with Crippen molar-refractivity contribution >= 4 is 22.7 Å². The second-order valence-electron chi connectivity index (χ2n) is 6.53. The van der Waals surface area contributed by atoms with Crippen LogP contribution in [-0.2, 0) is 11.2 Å². The normalized spacial score (nSPS) is 11.2. The number of hydrogen-bond acceptors (Lipinski definition) is 4. The molecule has 0 unspecified atom stereocenters. The Labute approximate surface area is 145 Å². The Balaban J connectivity index is 2.19. The molecule has 0 bridgehead atoms. The second kappa shape index (κ2) is 6.51. The molecule has 0 aliphatic rings. The molecule has 1 N–H and O–H groups in total. The van der Waals surface area contributed by atoms with Crippen LogP contribution in [0.5, 0.6) is 0 Å². The third-order valence-corrected chi connectivity index (χ3v) is 4.29. The molecule has 2 aromatic heterocycles. The minimum atomic E-state index is -1.22. The minimum Gasteiger partial charge on any atom is -0.550 e. The van der Waals surface area contributed by atoms with Crippen molar-refractivity contribution in [3.05, 3.63) is 64.6 Å². The monoisotopic (exact) mass is 335 g/mol.